The van der Waals surface area contributed by atoms with E-state index in [1.807, 2.05) is 0 Å². The summed E-state index contributed by atoms with van der Waals surface area (Å²) in [6, 6.07) is 1.40. The lowest BCUT2D eigenvalue weighted by atomic mass is 10.1. The van der Waals surface area contributed by atoms with Crippen molar-refractivity contribution in [1.29, 1.82) is 0 Å². The van der Waals surface area contributed by atoms with Gasteiger partial charge in [0.15, 0.2) is 11.5 Å². The van der Waals surface area contributed by atoms with E-state index >= 15 is 0 Å². The lowest BCUT2D eigenvalue weighted by Gasteiger charge is -2.11. The molecule has 5 heteroatoms. The number of carbonyl (C=O) groups excluding carboxylic acids is 1. The van der Waals surface area contributed by atoms with Gasteiger partial charge < -0.3 is 14.6 Å². The van der Waals surface area contributed by atoms with Crippen molar-refractivity contribution in [1.82, 2.24) is 0 Å². The zero-order valence-corrected chi connectivity index (χ0v) is 9.38. The van der Waals surface area contributed by atoms with Crippen LogP contribution in [-0.2, 0) is 4.74 Å². The molecule has 0 heterocycles. The first-order valence-electron chi connectivity index (χ1n) is 4.17. The summed E-state index contributed by atoms with van der Waals surface area (Å²) in [5, 5.41) is 9.85. The highest BCUT2D eigenvalue weighted by atomic mass is 35.5. The monoisotopic (exact) mass is 230 g/mol. The number of benzene rings is 1. The van der Waals surface area contributed by atoms with E-state index in [4.69, 9.17) is 16.3 Å². The number of aromatic hydroxyl groups is 1. The maximum atomic E-state index is 11.3. The molecule has 0 amide bonds. The molecule has 0 aliphatic heterocycles. The first-order chi connectivity index (χ1) is 7.02. The molecule has 0 aliphatic carbocycles. The average Bonchev–Trinajstić information content (AvgIpc) is 2.23. The maximum absolute atomic E-state index is 11.3. The van der Waals surface area contributed by atoms with E-state index in [2.05, 4.69) is 4.74 Å². The van der Waals surface area contributed by atoms with E-state index in [1.54, 1.807) is 6.92 Å². The molecule has 1 rings (SSSR count). The zero-order chi connectivity index (χ0) is 11.6. The van der Waals surface area contributed by atoms with Crippen LogP contribution in [0.25, 0.3) is 0 Å². The Labute approximate surface area is 92.4 Å². The fourth-order valence-electron chi connectivity index (χ4n) is 1.23. The summed E-state index contributed by atoms with van der Waals surface area (Å²) in [6.45, 7) is 1.58. The number of esters is 1. The van der Waals surface area contributed by atoms with Crippen molar-refractivity contribution in [2.75, 3.05) is 14.2 Å². The Hall–Kier alpha value is -1.42. The predicted octanol–water partition coefficient (Wildman–Crippen LogP) is 2.15. The Kier molecular flexibility index (Phi) is 3.42. The third-order valence-corrected chi connectivity index (χ3v) is 2.35. The van der Waals surface area contributed by atoms with Crippen LogP contribution in [0.3, 0.4) is 0 Å². The average molecular weight is 231 g/mol. The summed E-state index contributed by atoms with van der Waals surface area (Å²) in [5.41, 5.74) is 0.601. The third kappa shape index (κ3) is 1.99. The summed E-state index contributed by atoms with van der Waals surface area (Å²) >= 11 is 5.82. The number of halogens is 1. The molecule has 0 radical (unpaired) electrons. The summed E-state index contributed by atoms with van der Waals surface area (Å²) in [7, 11) is 2.65. The number of phenolic OH excluding ortho intramolecular Hbond substituents is 1. The van der Waals surface area contributed by atoms with Gasteiger partial charge in [0.2, 0.25) is 0 Å². The van der Waals surface area contributed by atoms with Crippen LogP contribution in [0.4, 0.5) is 0 Å². The van der Waals surface area contributed by atoms with Crippen LogP contribution in [0.5, 0.6) is 11.5 Å². The second-order valence-corrected chi connectivity index (χ2v) is 3.31. The lowest BCUT2D eigenvalue weighted by molar-refractivity contribution is 0.0599. The SMILES string of the molecule is COC(=O)c1cc(Cl)c(OC)c(O)c1C. The molecule has 1 aromatic carbocycles. The zero-order valence-electron chi connectivity index (χ0n) is 8.63. The molecule has 4 nitrogen and oxygen atoms in total. The molecule has 15 heavy (non-hydrogen) atoms. The van der Waals surface area contributed by atoms with Crippen LogP contribution < -0.4 is 4.74 Å². The minimum Gasteiger partial charge on any atom is -0.504 e. The van der Waals surface area contributed by atoms with Gasteiger partial charge in [0.25, 0.3) is 0 Å². The normalized spacial score (nSPS) is 9.87. The van der Waals surface area contributed by atoms with Crippen molar-refractivity contribution < 1.29 is 19.4 Å². The molecule has 1 N–H and O–H groups in total. The van der Waals surface area contributed by atoms with Gasteiger partial charge in [0.1, 0.15) is 0 Å². The summed E-state index contributed by atoms with van der Waals surface area (Å²) in [4.78, 5) is 11.3. The fourth-order valence-corrected chi connectivity index (χ4v) is 1.50. The Bertz CT molecular complexity index is 401. The third-order valence-electron chi connectivity index (χ3n) is 2.07. The van der Waals surface area contributed by atoms with E-state index in [-0.39, 0.29) is 22.1 Å². The fraction of sp³-hybridized carbons (Fsp3) is 0.300. The number of rotatable bonds is 2. The van der Waals surface area contributed by atoms with Crippen LogP contribution in [0.2, 0.25) is 5.02 Å². The topological polar surface area (TPSA) is 55.8 Å². The van der Waals surface area contributed by atoms with Gasteiger partial charge in [-0.05, 0) is 13.0 Å². The summed E-state index contributed by atoms with van der Waals surface area (Å²) in [5.74, 6) is -0.542. The second kappa shape index (κ2) is 4.40. The van der Waals surface area contributed by atoms with E-state index < -0.39 is 5.97 Å². The van der Waals surface area contributed by atoms with Crippen LogP contribution in [0, 0.1) is 6.92 Å². The van der Waals surface area contributed by atoms with Crippen molar-refractivity contribution in [2.45, 2.75) is 6.92 Å². The van der Waals surface area contributed by atoms with Crippen molar-refractivity contribution in [2.24, 2.45) is 0 Å². The number of carbonyl (C=O) groups is 1. The number of methoxy groups -OCH3 is 2. The molecule has 0 spiro atoms. The molecule has 0 atom stereocenters. The van der Waals surface area contributed by atoms with Crippen LogP contribution in [-0.4, -0.2) is 25.3 Å². The summed E-state index contributed by atoms with van der Waals surface area (Å²) in [6.07, 6.45) is 0. The van der Waals surface area contributed by atoms with Crippen LogP contribution in [0.1, 0.15) is 15.9 Å². The quantitative estimate of drug-likeness (QED) is 0.791. The molecule has 0 saturated heterocycles. The highest BCUT2D eigenvalue weighted by Gasteiger charge is 2.19. The van der Waals surface area contributed by atoms with Gasteiger partial charge in [0, 0.05) is 5.56 Å². The first kappa shape index (κ1) is 11.7. The number of ether oxygens (including phenoxy) is 2. The van der Waals surface area contributed by atoms with Crippen LogP contribution >= 0.6 is 11.6 Å². The molecule has 0 aliphatic rings. The van der Waals surface area contributed by atoms with Gasteiger partial charge in [-0.25, -0.2) is 4.79 Å². The van der Waals surface area contributed by atoms with Crippen LogP contribution in [0.15, 0.2) is 6.07 Å². The van der Waals surface area contributed by atoms with Gasteiger partial charge in [-0.3, -0.25) is 0 Å². The van der Waals surface area contributed by atoms with Gasteiger partial charge in [0.05, 0.1) is 24.8 Å². The molecule has 0 unspecified atom stereocenters. The Morgan fingerprint density at radius 2 is 2.07 bits per heavy atom. The largest absolute Gasteiger partial charge is 0.504 e. The molecular weight excluding hydrogens is 220 g/mol. The van der Waals surface area contributed by atoms with E-state index in [1.165, 1.54) is 20.3 Å². The first-order valence-corrected chi connectivity index (χ1v) is 4.55. The summed E-state index contributed by atoms with van der Waals surface area (Å²) < 4.78 is 9.44. The minimum atomic E-state index is -0.549. The van der Waals surface area contributed by atoms with Crippen molar-refractivity contribution >= 4 is 17.6 Å². The molecular formula is C10H11ClO4. The molecule has 0 fully saturated rings. The molecule has 0 bridgehead atoms. The number of phenols is 1. The van der Waals surface area contributed by atoms with Crippen molar-refractivity contribution in [3.05, 3.63) is 22.2 Å². The molecule has 1 aromatic rings. The Morgan fingerprint density at radius 1 is 1.47 bits per heavy atom. The molecule has 0 aromatic heterocycles. The van der Waals surface area contributed by atoms with Gasteiger partial charge in [-0.2, -0.15) is 0 Å². The van der Waals surface area contributed by atoms with E-state index in [9.17, 15) is 9.90 Å². The second-order valence-electron chi connectivity index (χ2n) is 2.90. The Morgan fingerprint density at radius 3 is 2.53 bits per heavy atom. The maximum Gasteiger partial charge on any atom is 0.338 e. The smallest absolute Gasteiger partial charge is 0.338 e. The highest BCUT2D eigenvalue weighted by molar-refractivity contribution is 6.32. The lowest BCUT2D eigenvalue weighted by Crippen LogP contribution is -2.04. The highest BCUT2D eigenvalue weighted by Crippen LogP contribution is 2.38. The van der Waals surface area contributed by atoms with Crippen molar-refractivity contribution in [3.8, 4) is 11.5 Å². The van der Waals surface area contributed by atoms with Gasteiger partial charge >= 0.3 is 5.97 Å². The van der Waals surface area contributed by atoms with Gasteiger partial charge in [-0.15, -0.1) is 0 Å². The molecule has 0 saturated carbocycles. The Balaban J connectivity index is 3.40. The molecule has 82 valence electrons. The van der Waals surface area contributed by atoms with E-state index in [0.29, 0.717) is 5.56 Å². The number of hydrogen-bond acceptors (Lipinski definition) is 4. The number of hydrogen-bond donors (Lipinski definition) is 1. The van der Waals surface area contributed by atoms with E-state index in [0.717, 1.165) is 0 Å². The predicted molar refractivity (Wildman–Crippen MR) is 55.7 cm³/mol. The minimum absolute atomic E-state index is 0.148. The van der Waals surface area contributed by atoms with Crippen molar-refractivity contribution in [3.63, 3.8) is 0 Å². The van der Waals surface area contributed by atoms with Gasteiger partial charge in [-0.1, -0.05) is 11.6 Å². The standard InChI is InChI=1S/C10H11ClO4/c1-5-6(10(13)15-3)4-7(11)9(14-2)8(5)12/h4,12H,1-3H3.